The zero-order valence-corrected chi connectivity index (χ0v) is 9.53. The molecule has 0 aliphatic carbocycles. The molecule has 88 valence electrons. The first kappa shape index (κ1) is 12.5. The summed E-state index contributed by atoms with van der Waals surface area (Å²) in [5.74, 6) is -0.752. The largest absolute Gasteiger partial charge is 0.508 e. The second kappa shape index (κ2) is 4.99. The minimum Gasteiger partial charge on any atom is -0.508 e. The Morgan fingerprint density at radius 3 is 2.56 bits per heavy atom. The molecule has 4 N–H and O–H groups in total. The van der Waals surface area contributed by atoms with Crippen LogP contribution in [0.2, 0.25) is 0 Å². The van der Waals surface area contributed by atoms with Crippen molar-refractivity contribution in [3.63, 3.8) is 0 Å². The number of aryl methyl sites for hydroxylation is 2. The van der Waals surface area contributed by atoms with Crippen molar-refractivity contribution in [3.8, 4) is 5.75 Å². The van der Waals surface area contributed by atoms with E-state index < -0.39 is 12.0 Å². The number of aromatic hydroxyl groups is 1. The Bertz CT molecular complexity index is 401. The molecule has 0 fully saturated rings. The smallest absolute Gasteiger partial charge is 0.320 e. The maximum atomic E-state index is 10.7. The number of rotatable bonds is 4. The third-order valence-electron chi connectivity index (χ3n) is 2.68. The Labute approximate surface area is 94.7 Å². The van der Waals surface area contributed by atoms with Crippen LogP contribution in [-0.2, 0) is 17.6 Å². The van der Waals surface area contributed by atoms with E-state index >= 15 is 0 Å². The van der Waals surface area contributed by atoms with Crippen LogP contribution in [0, 0.1) is 6.92 Å². The maximum Gasteiger partial charge on any atom is 0.320 e. The van der Waals surface area contributed by atoms with Crippen LogP contribution in [0.15, 0.2) is 12.1 Å². The van der Waals surface area contributed by atoms with Crippen molar-refractivity contribution in [1.29, 1.82) is 0 Å². The second-order valence-corrected chi connectivity index (χ2v) is 3.91. The quantitative estimate of drug-likeness (QED) is 0.716. The predicted octanol–water partition coefficient (Wildman–Crippen LogP) is 1.22. The lowest BCUT2D eigenvalue weighted by atomic mass is 9.97. The fraction of sp³-hybridized carbons (Fsp3) is 0.417. The minimum atomic E-state index is -1.01. The van der Waals surface area contributed by atoms with Crippen molar-refractivity contribution in [1.82, 2.24) is 0 Å². The van der Waals surface area contributed by atoms with Crippen molar-refractivity contribution in [2.45, 2.75) is 32.7 Å². The highest BCUT2D eigenvalue weighted by Gasteiger charge is 2.14. The summed E-state index contributed by atoms with van der Waals surface area (Å²) in [4.78, 5) is 10.7. The van der Waals surface area contributed by atoms with Gasteiger partial charge in [-0.3, -0.25) is 4.79 Å². The van der Waals surface area contributed by atoms with Gasteiger partial charge >= 0.3 is 5.97 Å². The Hall–Kier alpha value is -1.55. The molecule has 16 heavy (non-hydrogen) atoms. The van der Waals surface area contributed by atoms with Gasteiger partial charge in [-0.25, -0.2) is 0 Å². The highest BCUT2D eigenvalue weighted by atomic mass is 16.4. The molecule has 0 saturated carbocycles. The van der Waals surface area contributed by atoms with Gasteiger partial charge in [-0.1, -0.05) is 13.0 Å². The normalized spacial score (nSPS) is 12.4. The number of phenols is 1. The molecule has 0 radical (unpaired) electrons. The van der Waals surface area contributed by atoms with Crippen molar-refractivity contribution >= 4 is 5.97 Å². The van der Waals surface area contributed by atoms with E-state index in [0.717, 1.165) is 16.7 Å². The molecule has 0 aliphatic heterocycles. The van der Waals surface area contributed by atoms with Crippen LogP contribution in [0.25, 0.3) is 0 Å². The maximum absolute atomic E-state index is 10.7. The van der Waals surface area contributed by atoms with Crippen LogP contribution < -0.4 is 5.73 Å². The molecular weight excluding hydrogens is 206 g/mol. The van der Waals surface area contributed by atoms with Crippen molar-refractivity contribution in [3.05, 3.63) is 28.8 Å². The van der Waals surface area contributed by atoms with Crippen LogP contribution in [0.1, 0.15) is 23.6 Å². The lowest BCUT2D eigenvalue weighted by molar-refractivity contribution is -0.138. The molecule has 1 unspecified atom stereocenters. The molecule has 4 nitrogen and oxygen atoms in total. The Balaban J connectivity index is 3.00. The van der Waals surface area contributed by atoms with Gasteiger partial charge in [0.1, 0.15) is 11.8 Å². The number of aliphatic carboxylic acids is 1. The third-order valence-corrected chi connectivity index (χ3v) is 2.68. The first-order valence-electron chi connectivity index (χ1n) is 5.25. The zero-order chi connectivity index (χ0) is 12.3. The van der Waals surface area contributed by atoms with Gasteiger partial charge in [-0.2, -0.15) is 0 Å². The average Bonchev–Trinajstić information content (AvgIpc) is 2.21. The summed E-state index contributed by atoms with van der Waals surface area (Å²) in [7, 11) is 0. The summed E-state index contributed by atoms with van der Waals surface area (Å²) in [6.45, 7) is 3.77. The van der Waals surface area contributed by atoms with E-state index in [1.165, 1.54) is 0 Å². The molecule has 1 aromatic rings. The molecule has 4 heteroatoms. The molecule has 0 aliphatic rings. The highest BCUT2D eigenvalue weighted by Crippen LogP contribution is 2.23. The number of benzene rings is 1. The van der Waals surface area contributed by atoms with Crippen LogP contribution in [-0.4, -0.2) is 22.2 Å². The van der Waals surface area contributed by atoms with Gasteiger partial charge in [-0.15, -0.1) is 0 Å². The van der Waals surface area contributed by atoms with E-state index in [1.807, 2.05) is 19.9 Å². The lowest BCUT2D eigenvalue weighted by Gasteiger charge is -2.12. The van der Waals surface area contributed by atoms with Crippen molar-refractivity contribution in [2.24, 2.45) is 5.73 Å². The standard InChI is InChI=1S/C12H17NO3/c1-3-8-5-9(6-10(13)12(15)16)7(2)4-11(8)14/h4-5,10,14H,3,6,13H2,1-2H3,(H,15,16). The minimum absolute atomic E-state index is 0.257. The van der Waals surface area contributed by atoms with Crippen molar-refractivity contribution < 1.29 is 15.0 Å². The first-order valence-corrected chi connectivity index (χ1v) is 5.25. The molecule has 0 bridgehead atoms. The van der Waals surface area contributed by atoms with Gasteiger partial charge < -0.3 is 15.9 Å². The number of hydrogen-bond acceptors (Lipinski definition) is 3. The third kappa shape index (κ3) is 2.73. The van der Waals surface area contributed by atoms with Gasteiger partial charge in [0.05, 0.1) is 0 Å². The molecule has 0 spiro atoms. The summed E-state index contributed by atoms with van der Waals surface area (Å²) in [5.41, 5.74) is 8.05. The number of hydrogen-bond donors (Lipinski definition) is 3. The number of carboxylic acid groups (broad SMARTS) is 1. The van der Waals surface area contributed by atoms with Gasteiger partial charge in [0, 0.05) is 0 Å². The summed E-state index contributed by atoms with van der Waals surface area (Å²) in [5, 5.41) is 18.4. The number of carbonyl (C=O) groups is 1. The summed E-state index contributed by atoms with van der Waals surface area (Å²) < 4.78 is 0. The fourth-order valence-electron chi connectivity index (χ4n) is 1.62. The second-order valence-electron chi connectivity index (χ2n) is 3.91. The molecule has 0 aromatic heterocycles. The van der Waals surface area contributed by atoms with Crippen LogP contribution in [0.3, 0.4) is 0 Å². The Morgan fingerprint density at radius 1 is 1.44 bits per heavy atom. The number of nitrogens with two attached hydrogens (primary N) is 1. The zero-order valence-electron chi connectivity index (χ0n) is 9.53. The number of phenolic OH excluding ortho intramolecular Hbond substituents is 1. The fourth-order valence-corrected chi connectivity index (χ4v) is 1.62. The molecule has 1 rings (SSSR count). The molecular formula is C12H17NO3. The molecule has 0 saturated heterocycles. The summed E-state index contributed by atoms with van der Waals surface area (Å²) >= 11 is 0. The monoisotopic (exact) mass is 223 g/mol. The van der Waals surface area contributed by atoms with E-state index in [0.29, 0.717) is 6.42 Å². The molecule has 1 aromatic carbocycles. The highest BCUT2D eigenvalue weighted by molar-refractivity contribution is 5.73. The van der Waals surface area contributed by atoms with Gasteiger partial charge in [0.2, 0.25) is 0 Å². The van der Waals surface area contributed by atoms with Crippen molar-refractivity contribution in [2.75, 3.05) is 0 Å². The van der Waals surface area contributed by atoms with E-state index in [9.17, 15) is 9.90 Å². The topological polar surface area (TPSA) is 83.6 Å². The SMILES string of the molecule is CCc1cc(CC(N)C(=O)O)c(C)cc1O. The van der Waals surface area contributed by atoms with E-state index in [2.05, 4.69) is 0 Å². The predicted molar refractivity (Wildman–Crippen MR) is 61.5 cm³/mol. The lowest BCUT2D eigenvalue weighted by Crippen LogP contribution is -2.32. The number of carboxylic acids is 1. The van der Waals surface area contributed by atoms with E-state index in [1.54, 1.807) is 6.07 Å². The van der Waals surface area contributed by atoms with Crippen LogP contribution in [0.4, 0.5) is 0 Å². The average molecular weight is 223 g/mol. The molecule has 0 heterocycles. The summed E-state index contributed by atoms with van der Waals surface area (Å²) in [6.07, 6.45) is 0.996. The first-order chi connectivity index (χ1) is 7.45. The van der Waals surface area contributed by atoms with E-state index in [4.69, 9.17) is 10.8 Å². The van der Waals surface area contributed by atoms with Gasteiger partial charge in [0.15, 0.2) is 0 Å². The molecule has 0 amide bonds. The van der Waals surface area contributed by atoms with Crippen LogP contribution >= 0.6 is 0 Å². The molecule has 1 atom stereocenters. The van der Waals surface area contributed by atoms with Crippen LogP contribution in [0.5, 0.6) is 5.75 Å². The van der Waals surface area contributed by atoms with Gasteiger partial charge in [0.25, 0.3) is 0 Å². The van der Waals surface area contributed by atoms with E-state index in [-0.39, 0.29) is 12.2 Å². The summed E-state index contributed by atoms with van der Waals surface area (Å²) in [6, 6.07) is 2.59. The Morgan fingerprint density at radius 2 is 2.06 bits per heavy atom. The van der Waals surface area contributed by atoms with Gasteiger partial charge in [-0.05, 0) is 42.5 Å². The Kier molecular flexibility index (Phi) is 3.90.